The van der Waals surface area contributed by atoms with Crippen LogP contribution in [-0.4, -0.2) is 10.6 Å². The molecule has 2 heterocycles. The maximum absolute atomic E-state index is 13.3. The number of nitrogens with one attached hydrogen (secondary N) is 1. The minimum atomic E-state index is -4.39. The predicted molar refractivity (Wildman–Crippen MR) is 143 cm³/mol. The molecular weight excluding hydrogens is 489 g/mol. The number of aryl methyl sites for hydroxylation is 2. The van der Waals surface area contributed by atoms with E-state index >= 15 is 0 Å². The number of hydrogen-bond acceptors (Lipinski definition) is 3. The molecule has 2 atom stereocenters. The van der Waals surface area contributed by atoms with Crippen LogP contribution in [0.25, 0.3) is 27.6 Å². The van der Waals surface area contributed by atoms with Gasteiger partial charge in [-0.2, -0.15) is 13.2 Å². The van der Waals surface area contributed by atoms with Crippen molar-refractivity contribution < 1.29 is 17.6 Å². The minimum Gasteiger partial charge on any atom is -0.464 e. The first-order chi connectivity index (χ1) is 18.2. The SMILES string of the molecule is Cc1cc2occ(CN[C@@H]3C[C@H]3Cc3cn(-c4cccc(C(F)(F)F)c4)c4ccccc34)c(=O)c2cc1C. The van der Waals surface area contributed by atoms with E-state index in [0.29, 0.717) is 34.7 Å². The van der Waals surface area contributed by atoms with Crippen LogP contribution in [0.2, 0.25) is 0 Å². The van der Waals surface area contributed by atoms with Gasteiger partial charge in [0.05, 0.1) is 22.7 Å². The number of alkyl halides is 3. The Bertz CT molecular complexity index is 1730. The summed E-state index contributed by atoms with van der Waals surface area (Å²) < 4.78 is 47.5. The van der Waals surface area contributed by atoms with E-state index in [-0.39, 0.29) is 11.5 Å². The molecule has 1 fully saturated rings. The van der Waals surface area contributed by atoms with Gasteiger partial charge in [-0.1, -0.05) is 24.3 Å². The second kappa shape index (κ2) is 9.17. The molecule has 3 aromatic carbocycles. The molecule has 1 aliphatic rings. The highest BCUT2D eigenvalue weighted by atomic mass is 19.4. The Morgan fingerprint density at radius 3 is 2.58 bits per heavy atom. The Labute approximate surface area is 217 Å². The molecule has 1 aliphatic carbocycles. The standard InChI is InChI=1S/C31H27F3N2O2/c1-18-10-26-29(11-19(18)2)38-17-22(30(26)37)15-35-27-13-20(27)12-21-16-36(28-9-4-3-8-25(21)28)24-7-5-6-23(14-24)31(32,33)34/h3-11,14,16-17,20,27,35H,12-13,15H2,1-2H3/t20-,27-/m1/s1. The molecule has 0 aliphatic heterocycles. The van der Waals surface area contributed by atoms with Gasteiger partial charge < -0.3 is 14.3 Å². The summed E-state index contributed by atoms with van der Waals surface area (Å²) in [7, 11) is 0. The van der Waals surface area contributed by atoms with Gasteiger partial charge in [0, 0.05) is 35.4 Å². The molecule has 0 unspecified atom stereocenters. The van der Waals surface area contributed by atoms with Crippen LogP contribution in [0.3, 0.4) is 0 Å². The van der Waals surface area contributed by atoms with Gasteiger partial charge in [-0.15, -0.1) is 0 Å². The van der Waals surface area contributed by atoms with E-state index in [9.17, 15) is 18.0 Å². The van der Waals surface area contributed by atoms with Crippen molar-refractivity contribution in [2.45, 2.75) is 45.5 Å². The third-order valence-corrected chi connectivity index (χ3v) is 7.67. The Morgan fingerprint density at radius 2 is 1.76 bits per heavy atom. The average Bonchev–Trinajstić information content (AvgIpc) is 3.54. The fourth-order valence-electron chi connectivity index (χ4n) is 5.25. The fraction of sp³-hybridized carbons (Fsp3) is 0.258. The number of fused-ring (bicyclic) bond motifs is 2. The van der Waals surface area contributed by atoms with Gasteiger partial charge >= 0.3 is 6.18 Å². The van der Waals surface area contributed by atoms with Crippen molar-refractivity contribution in [2.24, 2.45) is 5.92 Å². The van der Waals surface area contributed by atoms with Gasteiger partial charge in [-0.25, -0.2) is 0 Å². The zero-order chi connectivity index (χ0) is 26.6. The van der Waals surface area contributed by atoms with Gasteiger partial charge in [0.1, 0.15) is 5.58 Å². The monoisotopic (exact) mass is 516 g/mol. The van der Waals surface area contributed by atoms with Gasteiger partial charge in [0.25, 0.3) is 0 Å². The molecular formula is C31H27F3N2O2. The Kier molecular flexibility index (Phi) is 5.91. The Morgan fingerprint density at radius 1 is 0.974 bits per heavy atom. The highest BCUT2D eigenvalue weighted by molar-refractivity contribution is 5.85. The second-order valence-corrected chi connectivity index (χ2v) is 10.3. The molecule has 1 N–H and O–H groups in total. The van der Waals surface area contributed by atoms with Crippen LogP contribution in [0.4, 0.5) is 13.2 Å². The van der Waals surface area contributed by atoms with Crippen molar-refractivity contribution in [1.82, 2.24) is 9.88 Å². The highest BCUT2D eigenvalue weighted by Gasteiger charge is 2.37. The zero-order valence-electron chi connectivity index (χ0n) is 21.1. The Balaban J connectivity index is 1.19. The van der Waals surface area contributed by atoms with Crippen LogP contribution < -0.4 is 10.7 Å². The maximum Gasteiger partial charge on any atom is 0.416 e. The lowest BCUT2D eigenvalue weighted by atomic mass is 10.1. The van der Waals surface area contributed by atoms with Crippen LogP contribution >= 0.6 is 0 Å². The summed E-state index contributed by atoms with van der Waals surface area (Å²) in [6, 6.07) is 17.3. The van der Waals surface area contributed by atoms with Gasteiger partial charge in [-0.05, 0) is 85.7 Å². The summed E-state index contributed by atoms with van der Waals surface area (Å²) in [5.41, 5.74) is 5.14. The molecule has 0 saturated heterocycles. The van der Waals surface area contributed by atoms with Crippen LogP contribution in [0.15, 0.2) is 82.3 Å². The van der Waals surface area contributed by atoms with Crippen molar-refractivity contribution in [1.29, 1.82) is 0 Å². The van der Waals surface area contributed by atoms with E-state index < -0.39 is 11.7 Å². The lowest BCUT2D eigenvalue weighted by Gasteiger charge is -2.10. The van der Waals surface area contributed by atoms with Crippen molar-refractivity contribution in [2.75, 3.05) is 0 Å². The molecule has 7 heteroatoms. The van der Waals surface area contributed by atoms with Crippen LogP contribution in [0.5, 0.6) is 0 Å². The zero-order valence-corrected chi connectivity index (χ0v) is 21.1. The van der Waals surface area contributed by atoms with Crippen molar-refractivity contribution in [3.8, 4) is 5.69 Å². The molecule has 1 saturated carbocycles. The number of halogens is 3. The van der Waals surface area contributed by atoms with Gasteiger partial charge in [0.2, 0.25) is 0 Å². The number of para-hydroxylation sites is 1. The van der Waals surface area contributed by atoms with Crippen LogP contribution in [0.1, 0.15) is 34.2 Å². The van der Waals surface area contributed by atoms with Crippen molar-refractivity contribution >= 4 is 21.9 Å². The molecule has 0 amide bonds. The maximum atomic E-state index is 13.3. The quantitative estimate of drug-likeness (QED) is 0.262. The topological polar surface area (TPSA) is 47.2 Å². The van der Waals surface area contributed by atoms with Crippen LogP contribution in [0, 0.1) is 19.8 Å². The molecule has 0 radical (unpaired) electrons. The second-order valence-electron chi connectivity index (χ2n) is 10.3. The number of hydrogen-bond donors (Lipinski definition) is 1. The first-order valence-corrected chi connectivity index (χ1v) is 12.7. The molecule has 0 spiro atoms. The van der Waals surface area contributed by atoms with E-state index in [1.165, 1.54) is 12.1 Å². The number of aromatic nitrogens is 1. The summed E-state index contributed by atoms with van der Waals surface area (Å²) in [4.78, 5) is 13.0. The van der Waals surface area contributed by atoms with E-state index in [4.69, 9.17) is 4.42 Å². The number of benzene rings is 3. The van der Waals surface area contributed by atoms with E-state index in [1.54, 1.807) is 12.3 Å². The molecule has 4 nitrogen and oxygen atoms in total. The number of nitrogens with zero attached hydrogens (tertiary/aromatic N) is 1. The normalized spacial score (nSPS) is 17.4. The fourth-order valence-corrected chi connectivity index (χ4v) is 5.25. The third-order valence-electron chi connectivity index (χ3n) is 7.67. The lowest BCUT2D eigenvalue weighted by Crippen LogP contribution is -2.22. The van der Waals surface area contributed by atoms with Gasteiger partial charge in [-0.3, -0.25) is 4.79 Å². The summed E-state index contributed by atoms with van der Waals surface area (Å²) in [5, 5.41) is 5.13. The van der Waals surface area contributed by atoms with E-state index in [1.807, 2.05) is 61.0 Å². The lowest BCUT2D eigenvalue weighted by molar-refractivity contribution is -0.137. The molecule has 6 rings (SSSR count). The minimum absolute atomic E-state index is 0.0109. The smallest absolute Gasteiger partial charge is 0.416 e. The molecule has 0 bridgehead atoms. The summed E-state index contributed by atoms with van der Waals surface area (Å²) in [6.07, 6.45) is 0.883. The number of rotatable bonds is 6. The predicted octanol–water partition coefficient (Wildman–Crippen LogP) is 7.09. The third kappa shape index (κ3) is 4.52. The first-order valence-electron chi connectivity index (χ1n) is 12.7. The highest BCUT2D eigenvalue weighted by Crippen LogP contribution is 2.37. The summed E-state index contributed by atoms with van der Waals surface area (Å²) in [6.45, 7) is 4.41. The summed E-state index contributed by atoms with van der Waals surface area (Å²) in [5.74, 6) is 0.383. The average molecular weight is 517 g/mol. The molecule has 5 aromatic rings. The molecule has 2 aromatic heterocycles. The molecule has 38 heavy (non-hydrogen) atoms. The molecule has 194 valence electrons. The van der Waals surface area contributed by atoms with E-state index in [0.717, 1.165) is 46.5 Å². The van der Waals surface area contributed by atoms with E-state index in [2.05, 4.69) is 5.32 Å². The largest absolute Gasteiger partial charge is 0.464 e. The van der Waals surface area contributed by atoms with Crippen molar-refractivity contribution in [3.63, 3.8) is 0 Å². The Hall–Kier alpha value is -3.84. The van der Waals surface area contributed by atoms with Crippen molar-refractivity contribution in [3.05, 3.63) is 111 Å². The summed E-state index contributed by atoms with van der Waals surface area (Å²) >= 11 is 0. The van der Waals surface area contributed by atoms with Crippen LogP contribution in [-0.2, 0) is 19.1 Å². The first kappa shape index (κ1) is 24.5. The van der Waals surface area contributed by atoms with Gasteiger partial charge in [0.15, 0.2) is 5.43 Å².